The highest BCUT2D eigenvalue weighted by molar-refractivity contribution is 6.30. The lowest BCUT2D eigenvalue weighted by Crippen LogP contribution is -2.25. The summed E-state index contributed by atoms with van der Waals surface area (Å²) in [6.07, 6.45) is 0.552. The molecule has 1 amide bonds. The molecule has 182 valence electrons. The summed E-state index contributed by atoms with van der Waals surface area (Å²) >= 11 is 6.13. The third-order valence-corrected chi connectivity index (χ3v) is 5.82. The predicted molar refractivity (Wildman–Crippen MR) is 132 cm³/mol. The number of carboxylic acid groups (broad SMARTS) is 1. The molecule has 0 aliphatic carbocycles. The Bertz CT molecular complexity index is 1270. The van der Waals surface area contributed by atoms with Gasteiger partial charge < -0.3 is 15.2 Å². The zero-order valence-corrected chi connectivity index (χ0v) is 20.2. The fraction of sp³-hybridized carbons (Fsp3) is 0.320. The number of hydrogen-bond acceptors (Lipinski definition) is 6. The maximum atomic E-state index is 12.5. The molecule has 4 rings (SSSR count). The van der Waals surface area contributed by atoms with Gasteiger partial charge >= 0.3 is 5.97 Å². The summed E-state index contributed by atoms with van der Waals surface area (Å²) in [5.74, 6) is 0.850. The second-order valence-electron chi connectivity index (χ2n) is 8.12. The smallest absolute Gasteiger partial charge is 0.303 e. The molecule has 1 aromatic heterocycles. The Morgan fingerprint density at radius 3 is 2.66 bits per heavy atom. The van der Waals surface area contributed by atoms with E-state index in [1.54, 1.807) is 12.1 Å². The molecule has 2 aromatic carbocycles. The van der Waals surface area contributed by atoms with Crippen LogP contribution in [0.25, 0.3) is 5.69 Å². The molecule has 35 heavy (non-hydrogen) atoms. The number of aliphatic carboxylic acids is 1. The number of ether oxygens (including phenoxy) is 1. The van der Waals surface area contributed by atoms with Gasteiger partial charge in [-0.3, -0.25) is 19.1 Å². The first kappa shape index (κ1) is 24.4. The molecule has 10 heteroatoms. The number of benzene rings is 2. The third-order valence-electron chi connectivity index (χ3n) is 5.57. The molecule has 0 bridgehead atoms. The van der Waals surface area contributed by atoms with Crippen molar-refractivity contribution in [2.75, 3.05) is 13.2 Å². The van der Waals surface area contributed by atoms with Crippen molar-refractivity contribution in [3.05, 3.63) is 70.3 Å². The number of carbonyl (C=O) groups is 2. The summed E-state index contributed by atoms with van der Waals surface area (Å²) in [5, 5.41) is 20.9. The maximum Gasteiger partial charge on any atom is 0.303 e. The molecule has 1 unspecified atom stereocenters. The van der Waals surface area contributed by atoms with Crippen molar-refractivity contribution in [2.24, 2.45) is 4.99 Å². The summed E-state index contributed by atoms with van der Waals surface area (Å²) in [5.41, 5.74) is 3.10. The largest absolute Gasteiger partial charge is 0.494 e. The van der Waals surface area contributed by atoms with Crippen molar-refractivity contribution in [2.45, 2.75) is 39.2 Å². The minimum Gasteiger partial charge on any atom is -0.494 e. The summed E-state index contributed by atoms with van der Waals surface area (Å²) in [4.78, 5) is 28.4. The van der Waals surface area contributed by atoms with E-state index in [1.807, 2.05) is 48.7 Å². The number of carbonyl (C=O) groups excluding carboxylic acids is 1. The monoisotopic (exact) mass is 495 g/mol. The average molecular weight is 496 g/mol. The van der Waals surface area contributed by atoms with Crippen molar-refractivity contribution in [3.63, 3.8) is 0 Å². The zero-order valence-electron chi connectivity index (χ0n) is 19.5. The minimum atomic E-state index is -0.860. The molecule has 1 aliphatic heterocycles. The van der Waals surface area contributed by atoms with E-state index < -0.39 is 12.0 Å². The van der Waals surface area contributed by atoms with Gasteiger partial charge in [0.1, 0.15) is 17.6 Å². The van der Waals surface area contributed by atoms with Gasteiger partial charge in [-0.15, -0.1) is 10.2 Å². The molecule has 0 radical (unpaired) electrons. The van der Waals surface area contributed by atoms with Crippen LogP contribution in [0.4, 0.5) is 0 Å². The highest BCUT2D eigenvalue weighted by Gasteiger charge is 2.30. The van der Waals surface area contributed by atoms with Crippen LogP contribution in [-0.2, 0) is 9.59 Å². The molecule has 0 saturated carbocycles. The van der Waals surface area contributed by atoms with Crippen molar-refractivity contribution < 1.29 is 19.4 Å². The number of nitrogens with one attached hydrogen (secondary N) is 1. The Balaban J connectivity index is 1.82. The van der Waals surface area contributed by atoms with Gasteiger partial charge in [0.15, 0.2) is 5.82 Å². The summed E-state index contributed by atoms with van der Waals surface area (Å²) in [6, 6.07) is 12.4. The quantitative estimate of drug-likeness (QED) is 0.435. The molecule has 1 aliphatic rings. The van der Waals surface area contributed by atoms with Gasteiger partial charge in [-0.25, -0.2) is 0 Å². The number of aromatic nitrogens is 3. The minimum absolute atomic E-state index is 0.0349. The van der Waals surface area contributed by atoms with Crippen LogP contribution in [0.1, 0.15) is 55.0 Å². The number of aryl methyl sites for hydroxylation is 1. The Morgan fingerprint density at radius 1 is 1.17 bits per heavy atom. The summed E-state index contributed by atoms with van der Waals surface area (Å²) in [6.45, 7) is 4.52. The van der Waals surface area contributed by atoms with Gasteiger partial charge in [-0.2, -0.15) is 0 Å². The second kappa shape index (κ2) is 10.7. The van der Waals surface area contributed by atoms with Crippen molar-refractivity contribution in [3.8, 4) is 11.4 Å². The number of rotatable bonds is 9. The van der Waals surface area contributed by atoms with Crippen LogP contribution in [0.15, 0.2) is 47.5 Å². The van der Waals surface area contributed by atoms with E-state index in [9.17, 15) is 9.59 Å². The number of fused-ring (bicyclic) bond motifs is 3. The number of amides is 1. The maximum absolute atomic E-state index is 12.5. The Morgan fingerprint density at radius 2 is 1.94 bits per heavy atom. The number of halogens is 1. The van der Waals surface area contributed by atoms with E-state index in [4.69, 9.17) is 26.4 Å². The first-order valence-electron chi connectivity index (χ1n) is 11.4. The lowest BCUT2D eigenvalue weighted by atomic mass is 10.00. The highest BCUT2D eigenvalue weighted by atomic mass is 35.5. The predicted octanol–water partition coefficient (Wildman–Crippen LogP) is 3.89. The van der Waals surface area contributed by atoms with E-state index in [0.29, 0.717) is 41.1 Å². The molecule has 2 heterocycles. The summed E-state index contributed by atoms with van der Waals surface area (Å²) in [7, 11) is 0. The SMILES string of the molecule is CCNC(=O)CC1N=C(c2ccc(Cl)cc2)c2cc(OCCCC(=O)O)ccc2-n2c(C)nnc21. The zero-order chi connectivity index (χ0) is 24.9. The van der Waals surface area contributed by atoms with Crippen LogP contribution in [0, 0.1) is 6.92 Å². The molecule has 9 nitrogen and oxygen atoms in total. The van der Waals surface area contributed by atoms with Gasteiger partial charge in [0.05, 0.1) is 24.4 Å². The molecule has 0 saturated heterocycles. The molecule has 1 atom stereocenters. The van der Waals surface area contributed by atoms with Crippen LogP contribution < -0.4 is 10.1 Å². The standard InChI is InChI=1S/C25H26ClN5O4/c1-3-27-22(32)14-20-25-30-29-15(2)31(25)21-11-10-18(35-12-4-5-23(33)34)13-19(21)24(28-20)16-6-8-17(26)9-7-16/h6-11,13,20H,3-5,12,14H2,1-2H3,(H,27,32)(H,33,34). The van der Waals surface area contributed by atoms with Crippen LogP contribution in [0.2, 0.25) is 5.02 Å². The van der Waals surface area contributed by atoms with Gasteiger partial charge in [0.25, 0.3) is 0 Å². The average Bonchev–Trinajstić information content (AvgIpc) is 3.15. The molecular weight excluding hydrogens is 470 g/mol. The molecular formula is C25H26ClN5O4. The van der Waals surface area contributed by atoms with Crippen LogP contribution >= 0.6 is 11.6 Å². The number of carboxylic acids is 1. The van der Waals surface area contributed by atoms with Gasteiger partial charge in [-0.05, 0) is 50.6 Å². The second-order valence-corrected chi connectivity index (χ2v) is 8.56. The number of hydrogen-bond donors (Lipinski definition) is 2. The Labute approximate surface area is 207 Å². The molecule has 2 N–H and O–H groups in total. The van der Waals surface area contributed by atoms with E-state index in [2.05, 4.69) is 15.5 Å². The Kier molecular flexibility index (Phi) is 7.45. The van der Waals surface area contributed by atoms with Crippen molar-refractivity contribution in [1.29, 1.82) is 0 Å². The van der Waals surface area contributed by atoms with E-state index >= 15 is 0 Å². The van der Waals surface area contributed by atoms with Crippen molar-refractivity contribution >= 4 is 29.2 Å². The van der Waals surface area contributed by atoms with E-state index in [0.717, 1.165) is 16.8 Å². The fourth-order valence-corrected chi connectivity index (χ4v) is 4.12. The topological polar surface area (TPSA) is 119 Å². The first-order chi connectivity index (χ1) is 16.9. The van der Waals surface area contributed by atoms with E-state index in [1.165, 1.54) is 0 Å². The van der Waals surface area contributed by atoms with E-state index in [-0.39, 0.29) is 25.4 Å². The van der Waals surface area contributed by atoms with Crippen molar-refractivity contribution in [1.82, 2.24) is 20.1 Å². The van der Waals surface area contributed by atoms with Gasteiger partial charge in [0.2, 0.25) is 5.91 Å². The summed E-state index contributed by atoms with van der Waals surface area (Å²) < 4.78 is 7.76. The normalized spacial score (nSPS) is 14.4. The van der Waals surface area contributed by atoms with Gasteiger partial charge in [-0.1, -0.05) is 23.7 Å². The third kappa shape index (κ3) is 5.51. The van der Waals surface area contributed by atoms with Crippen LogP contribution in [0.3, 0.4) is 0 Å². The number of nitrogens with zero attached hydrogens (tertiary/aromatic N) is 4. The fourth-order valence-electron chi connectivity index (χ4n) is 4.00. The molecule has 0 fully saturated rings. The number of aliphatic imine (C=N–C) groups is 1. The van der Waals surface area contributed by atoms with Gasteiger partial charge in [0, 0.05) is 29.1 Å². The Hall–Kier alpha value is -3.72. The highest BCUT2D eigenvalue weighted by Crippen LogP contribution is 2.34. The molecule has 0 spiro atoms. The molecule has 3 aromatic rings. The van der Waals surface area contributed by atoms with Crippen LogP contribution in [-0.4, -0.2) is 50.6 Å². The van der Waals surface area contributed by atoms with Crippen LogP contribution in [0.5, 0.6) is 5.75 Å². The lowest BCUT2D eigenvalue weighted by Gasteiger charge is -2.15. The first-order valence-corrected chi connectivity index (χ1v) is 11.8. The lowest BCUT2D eigenvalue weighted by molar-refractivity contribution is -0.137.